The number of urea groups is 1. The molecule has 0 saturated heterocycles. The molecule has 3 N–H and O–H groups in total. The minimum absolute atomic E-state index is 0.112. The van der Waals surface area contributed by atoms with Crippen molar-refractivity contribution in [3.63, 3.8) is 0 Å². The fourth-order valence-corrected chi connectivity index (χ4v) is 1.56. The molecular weight excluding hydrogens is 166 g/mol. The largest absolute Gasteiger partial charge is 0.331 e. The summed E-state index contributed by atoms with van der Waals surface area (Å²) in [7, 11) is 0. The van der Waals surface area contributed by atoms with Crippen LogP contribution in [0.1, 0.15) is 25.7 Å². The van der Waals surface area contributed by atoms with Gasteiger partial charge >= 0.3 is 6.03 Å². The molecule has 0 aromatic rings. The quantitative estimate of drug-likeness (QED) is 0.383. The van der Waals surface area contributed by atoms with Crippen molar-refractivity contribution in [1.29, 1.82) is 0 Å². The molecule has 0 heterocycles. The van der Waals surface area contributed by atoms with Crippen LogP contribution in [0, 0.1) is 11.8 Å². The lowest BCUT2D eigenvalue weighted by Gasteiger charge is -2.21. The van der Waals surface area contributed by atoms with Gasteiger partial charge in [0, 0.05) is 13.1 Å². The molecule has 0 atom stereocenters. The van der Waals surface area contributed by atoms with Crippen LogP contribution in [0.3, 0.4) is 0 Å². The predicted octanol–water partition coefficient (Wildman–Crippen LogP) is 0.692. The Balaban J connectivity index is 1.80. The van der Waals surface area contributed by atoms with Crippen LogP contribution in [0.4, 0.5) is 4.79 Å². The van der Waals surface area contributed by atoms with Gasteiger partial charge in [-0.05, 0) is 37.5 Å². The Hall–Kier alpha value is -0.770. The lowest BCUT2D eigenvalue weighted by molar-refractivity contribution is 0.193. The average Bonchev–Trinajstić information content (AvgIpc) is 2.94. The standard InChI is InChI=1S/C9H17N3O/c10-11-9(13)12(5-7-1-2-7)6-8-3-4-8/h7-8H,1-6,10H2,(H,11,13). The second kappa shape index (κ2) is 3.54. The molecule has 74 valence electrons. The Morgan fingerprint density at radius 2 is 1.69 bits per heavy atom. The van der Waals surface area contributed by atoms with E-state index in [2.05, 4.69) is 5.43 Å². The van der Waals surface area contributed by atoms with Crippen LogP contribution >= 0.6 is 0 Å². The van der Waals surface area contributed by atoms with Gasteiger partial charge in [-0.25, -0.2) is 10.6 Å². The van der Waals surface area contributed by atoms with Gasteiger partial charge in [0.2, 0.25) is 0 Å². The minimum atomic E-state index is -0.112. The Morgan fingerprint density at radius 3 is 2.00 bits per heavy atom. The summed E-state index contributed by atoms with van der Waals surface area (Å²) >= 11 is 0. The van der Waals surface area contributed by atoms with Gasteiger partial charge < -0.3 is 4.90 Å². The lowest BCUT2D eigenvalue weighted by atomic mass is 10.3. The molecule has 0 spiro atoms. The summed E-state index contributed by atoms with van der Waals surface area (Å²) in [5.74, 6) is 6.62. The highest BCUT2D eigenvalue weighted by Gasteiger charge is 2.31. The van der Waals surface area contributed by atoms with Gasteiger partial charge in [0.25, 0.3) is 0 Å². The molecule has 2 rings (SSSR count). The van der Waals surface area contributed by atoms with Crippen molar-refractivity contribution < 1.29 is 4.79 Å². The van der Waals surface area contributed by atoms with E-state index in [9.17, 15) is 4.79 Å². The molecule has 4 nitrogen and oxygen atoms in total. The summed E-state index contributed by atoms with van der Waals surface area (Å²) in [4.78, 5) is 13.2. The van der Waals surface area contributed by atoms with E-state index in [4.69, 9.17) is 5.84 Å². The first-order valence-electron chi connectivity index (χ1n) is 5.05. The smallest absolute Gasteiger partial charge is 0.323 e. The van der Waals surface area contributed by atoms with Crippen LogP contribution in [-0.2, 0) is 0 Å². The monoisotopic (exact) mass is 183 g/mol. The molecule has 0 aliphatic heterocycles. The fraction of sp³-hybridized carbons (Fsp3) is 0.889. The zero-order valence-corrected chi connectivity index (χ0v) is 7.83. The lowest BCUT2D eigenvalue weighted by Crippen LogP contribution is -2.45. The number of carbonyl (C=O) groups excluding carboxylic acids is 1. The normalized spacial score (nSPS) is 21.3. The number of rotatable bonds is 4. The molecule has 13 heavy (non-hydrogen) atoms. The second-order valence-corrected chi connectivity index (χ2v) is 4.24. The number of amides is 2. The van der Waals surface area contributed by atoms with Crippen molar-refractivity contribution in [2.45, 2.75) is 25.7 Å². The van der Waals surface area contributed by atoms with E-state index in [1.165, 1.54) is 25.7 Å². The van der Waals surface area contributed by atoms with Crippen molar-refractivity contribution in [3.05, 3.63) is 0 Å². The van der Waals surface area contributed by atoms with Gasteiger partial charge in [-0.3, -0.25) is 5.43 Å². The van der Waals surface area contributed by atoms with E-state index in [-0.39, 0.29) is 6.03 Å². The molecule has 0 aromatic heterocycles. The van der Waals surface area contributed by atoms with E-state index >= 15 is 0 Å². The Bertz CT molecular complexity index is 185. The summed E-state index contributed by atoms with van der Waals surface area (Å²) in [6.07, 6.45) is 5.11. The molecule has 2 saturated carbocycles. The Labute approximate surface area is 78.4 Å². The number of nitrogens with one attached hydrogen (secondary N) is 1. The highest BCUT2D eigenvalue weighted by molar-refractivity contribution is 5.73. The fourth-order valence-electron chi connectivity index (χ4n) is 1.56. The van der Waals surface area contributed by atoms with Gasteiger partial charge in [0.1, 0.15) is 0 Å². The minimum Gasteiger partial charge on any atom is -0.323 e. The third-order valence-corrected chi connectivity index (χ3v) is 2.76. The number of hydrogen-bond acceptors (Lipinski definition) is 2. The number of nitrogens with two attached hydrogens (primary N) is 1. The highest BCUT2D eigenvalue weighted by Crippen LogP contribution is 2.33. The van der Waals surface area contributed by atoms with Gasteiger partial charge in [-0.1, -0.05) is 0 Å². The molecule has 0 unspecified atom stereocenters. The molecule has 2 amide bonds. The van der Waals surface area contributed by atoms with Crippen LogP contribution in [0.15, 0.2) is 0 Å². The molecule has 2 aliphatic rings. The van der Waals surface area contributed by atoms with Crippen LogP contribution in [0.2, 0.25) is 0 Å². The van der Waals surface area contributed by atoms with Gasteiger partial charge in [0.15, 0.2) is 0 Å². The first kappa shape index (κ1) is 8.81. The summed E-state index contributed by atoms with van der Waals surface area (Å²) in [5.41, 5.74) is 2.22. The summed E-state index contributed by atoms with van der Waals surface area (Å²) in [5, 5.41) is 0. The van der Waals surface area contributed by atoms with Crippen LogP contribution in [0.25, 0.3) is 0 Å². The van der Waals surface area contributed by atoms with Gasteiger partial charge in [-0.15, -0.1) is 0 Å². The maximum absolute atomic E-state index is 11.3. The summed E-state index contributed by atoms with van der Waals surface area (Å²) in [6, 6.07) is -0.112. The first-order valence-corrected chi connectivity index (χ1v) is 5.05. The predicted molar refractivity (Wildman–Crippen MR) is 49.7 cm³/mol. The zero-order chi connectivity index (χ0) is 9.26. The zero-order valence-electron chi connectivity index (χ0n) is 7.83. The molecule has 0 aromatic carbocycles. The van der Waals surface area contributed by atoms with E-state index < -0.39 is 0 Å². The van der Waals surface area contributed by atoms with E-state index in [0.29, 0.717) is 0 Å². The maximum atomic E-state index is 11.3. The third kappa shape index (κ3) is 2.59. The maximum Gasteiger partial charge on any atom is 0.331 e. The number of nitrogens with zero attached hydrogens (tertiary/aromatic N) is 1. The van der Waals surface area contributed by atoms with Crippen LogP contribution in [-0.4, -0.2) is 24.0 Å². The second-order valence-electron chi connectivity index (χ2n) is 4.24. The Kier molecular flexibility index (Phi) is 2.40. The van der Waals surface area contributed by atoms with Crippen LogP contribution in [0.5, 0.6) is 0 Å². The highest BCUT2D eigenvalue weighted by atomic mass is 16.2. The van der Waals surface area contributed by atoms with Crippen molar-refractivity contribution in [2.75, 3.05) is 13.1 Å². The molecule has 0 bridgehead atoms. The molecule has 4 heteroatoms. The SMILES string of the molecule is NNC(=O)N(CC1CC1)CC1CC1. The number of hydrazine groups is 1. The van der Waals surface area contributed by atoms with Crippen molar-refractivity contribution in [3.8, 4) is 0 Å². The molecular formula is C9H17N3O. The van der Waals surface area contributed by atoms with Crippen LogP contribution < -0.4 is 11.3 Å². The summed E-state index contributed by atoms with van der Waals surface area (Å²) in [6.45, 7) is 1.80. The molecule has 2 fully saturated rings. The van der Waals surface area contributed by atoms with Gasteiger partial charge in [0.05, 0.1) is 0 Å². The van der Waals surface area contributed by atoms with Crippen molar-refractivity contribution in [1.82, 2.24) is 10.3 Å². The topological polar surface area (TPSA) is 58.4 Å². The van der Waals surface area contributed by atoms with E-state index in [1.54, 1.807) is 0 Å². The van der Waals surface area contributed by atoms with E-state index in [1.807, 2.05) is 4.90 Å². The third-order valence-electron chi connectivity index (χ3n) is 2.76. The van der Waals surface area contributed by atoms with Crippen molar-refractivity contribution >= 4 is 6.03 Å². The van der Waals surface area contributed by atoms with Crippen molar-refractivity contribution in [2.24, 2.45) is 17.7 Å². The average molecular weight is 183 g/mol. The molecule has 0 radical (unpaired) electrons. The van der Waals surface area contributed by atoms with Gasteiger partial charge in [-0.2, -0.15) is 0 Å². The first-order chi connectivity index (χ1) is 6.29. The Morgan fingerprint density at radius 1 is 1.23 bits per heavy atom. The molecule has 2 aliphatic carbocycles. The number of hydrogen-bond donors (Lipinski definition) is 2. The summed E-state index contributed by atoms with van der Waals surface area (Å²) < 4.78 is 0. The van der Waals surface area contributed by atoms with E-state index in [0.717, 1.165) is 24.9 Å². The number of carbonyl (C=O) groups is 1.